The number of H-pyrrole nitrogens is 1. The Morgan fingerprint density at radius 3 is 3.11 bits per heavy atom. The molecule has 0 fully saturated rings. The van der Waals surface area contributed by atoms with E-state index < -0.39 is 5.97 Å². The molecule has 18 heavy (non-hydrogen) atoms. The molecule has 0 saturated heterocycles. The summed E-state index contributed by atoms with van der Waals surface area (Å²) in [5.74, 6) is -0.212. The van der Waals surface area contributed by atoms with E-state index in [-0.39, 0.29) is 5.56 Å². The van der Waals surface area contributed by atoms with Crippen LogP contribution in [0, 0.1) is 0 Å². The van der Waals surface area contributed by atoms with Crippen LogP contribution in [0.2, 0.25) is 0 Å². The molecule has 92 valence electrons. The molecule has 0 aliphatic rings. The number of carbonyl (C=O) groups is 1. The predicted octanol–water partition coefficient (Wildman–Crippen LogP) is 1.23. The van der Waals surface area contributed by atoms with Gasteiger partial charge in [-0.3, -0.25) is 4.40 Å². The topological polar surface area (TPSA) is 82.4 Å². The standard InChI is InChI=1S/C12H12N4O2/c1-13-5-8-6-16-10-4-7(11(17)18)2-3-9(10)15-12(16)14-8/h2-4,6,13H,5H2,1H3,(H,14,15)(H,17,18). The molecule has 6 heteroatoms. The number of imidazole rings is 2. The summed E-state index contributed by atoms with van der Waals surface area (Å²) in [6.07, 6.45) is 1.92. The fraction of sp³-hybridized carbons (Fsp3) is 0.167. The van der Waals surface area contributed by atoms with Crippen LogP contribution in [0.3, 0.4) is 0 Å². The van der Waals surface area contributed by atoms with Gasteiger partial charge in [0.1, 0.15) is 0 Å². The van der Waals surface area contributed by atoms with Crippen molar-refractivity contribution in [2.24, 2.45) is 0 Å². The first-order valence-corrected chi connectivity index (χ1v) is 5.56. The molecule has 2 heterocycles. The Hall–Kier alpha value is -2.34. The van der Waals surface area contributed by atoms with E-state index in [0.717, 1.165) is 22.5 Å². The monoisotopic (exact) mass is 244 g/mol. The zero-order chi connectivity index (χ0) is 12.7. The first-order valence-electron chi connectivity index (χ1n) is 5.56. The molecular weight excluding hydrogens is 232 g/mol. The van der Waals surface area contributed by atoms with Crippen LogP contribution < -0.4 is 5.32 Å². The van der Waals surface area contributed by atoms with Gasteiger partial charge in [-0.1, -0.05) is 0 Å². The molecule has 0 amide bonds. The first-order chi connectivity index (χ1) is 8.69. The van der Waals surface area contributed by atoms with Gasteiger partial charge in [0, 0.05) is 18.4 Å². The minimum atomic E-state index is -0.933. The van der Waals surface area contributed by atoms with Crippen LogP contribution in [0.1, 0.15) is 16.1 Å². The maximum Gasteiger partial charge on any atom is 0.335 e. The molecule has 6 nitrogen and oxygen atoms in total. The van der Waals surface area contributed by atoms with Gasteiger partial charge < -0.3 is 15.4 Å². The fourth-order valence-electron chi connectivity index (χ4n) is 2.06. The first kappa shape index (κ1) is 10.8. The summed E-state index contributed by atoms with van der Waals surface area (Å²) < 4.78 is 1.87. The number of hydrogen-bond acceptors (Lipinski definition) is 3. The van der Waals surface area contributed by atoms with Crippen molar-refractivity contribution in [3.8, 4) is 0 Å². The minimum Gasteiger partial charge on any atom is -0.478 e. The molecule has 0 saturated carbocycles. The van der Waals surface area contributed by atoms with E-state index in [1.807, 2.05) is 17.6 Å². The number of fused-ring (bicyclic) bond motifs is 3. The van der Waals surface area contributed by atoms with E-state index in [1.54, 1.807) is 18.2 Å². The number of nitrogens with one attached hydrogen (secondary N) is 2. The maximum absolute atomic E-state index is 11.0. The van der Waals surface area contributed by atoms with Crippen molar-refractivity contribution in [1.82, 2.24) is 19.7 Å². The Kier molecular flexibility index (Phi) is 2.31. The third kappa shape index (κ3) is 1.54. The normalized spacial score (nSPS) is 11.4. The number of nitrogens with zero attached hydrogens (tertiary/aromatic N) is 2. The molecule has 0 atom stereocenters. The molecule has 1 aromatic carbocycles. The van der Waals surface area contributed by atoms with Gasteiger partial charge >= 0.3 is 5.97 Å². The van der Waals surface area contributed by atoms with Crippen molar-refractivity contribution >= 4 is 22.8 Å². The molecule has 3 rings (SSSR count). The number of aromatic carboxylic acids is 1. The Labute approximate surface area is 102 Å². The summed E-state index contributed by atoms with van der Waals surface area (Å²) in [6, 6.07) is 4.91. The summed E-state index contributed by atoms with van der Waals surface area (Å²) in [5.41, 5.74) is 2.84. The van der Waals surface area contributed by atoms with Crippen LogP contribution in [0.15, 0.2) is 24.4 Å². The van der Waals surface area contributed by atoms with Crippen LogP contribution in [-0.4, -0.2) is 32.5 Å². The van der Waals surface area contributed by atoms with Gasteiger partial charge in [-0.2, -0.15) is 0 Å². The molecular formula is C12H12N4O2. The van der Waals surface area contributed by atoms with Gasteiger partial charge in [-0.15, -0.1) is 0 Å². The highest BCUT2D eigenvalue weighted by molar-refractivity contribution is 5.93. The minimum absolute atomic E-state index is 0.265. The number of rotatable bonds is 3. The van der Waals surface area contributed by atoms with E-state index in [0.29, 0.717) is 6.54 Å². The average molecular weight is 244 g/mol. The number of aromatic nitrogens is 3. The smallest absolute Gasteiger partial charge is 0.335 e. The van der Waals surface area contributed by atoms with Crippen LogP contribution >= 0.6 is 0 Å². The highest BCUT2D eigenvalue weighted by Gasteiger charge is 2.10. The van der Waals surface area contributed by atoms with Gasteiger partial charge in [0.2, 0.25) is 5.78 Å². The molecule has 0 bridgehead atoms. The molecule has 3 N–H and O–H groups in total. The third-order valence-electron chi connectivity index (χ3n) is 2.86. The third-order valence-corrected chi connectivity index (χ3v) is 2.86. The van der Waals surface area contributed by atoms with Crippen LogP contribution in [0.5, 0.6) is 0 Å². The maximum atomic E-state index is 11.0. The van der Waals surface area contributed by atoms with E-state index in [9.17, 15) is 4.79 Å². The number of carboxylic acid groups (broad SMARTS) is 1. The Balaban J connectivity index is 2.24. The van der Waals surface area contributed by atoms with Crippen LogP contribution in [0.25, 0.3) is 16.8 Å². The lowest BCUT2D eigenvalue weighted by Crippen LogP contribution is -2.04. The Morgan fingerprint density at radius 1 is 1.56 bits per heavy atom. The van der Waals surface area contributed by atoms with E-state index in [4.69, 9.17) is 5.11 Å². The quantitative estimate of drug-likeness (QED) is 0.647. The fourth-order valence-corrected chi connectivity index (χ4v) is 2.06. The van der Waals surface area contributed by atoms with Crippen molar-refractivity contribution in [1.29, 1.82) is 0 Å². The van der Waals surface area contributed by atoms with Crippen molar-refractivity contribution < 1.29 is 9.90 Å². The summed E-state index contributed by atoms with van der Waals surface area (Å²) in [5, 5.41) is 12.0. The molecule has 0 radical (unpaired) electrons. The van der Waals surface area contributed by atoms with Crippen molar-refractivity contribution in [3.05, 3.63) is 35.7 Å². The van der Waals surface area contributed by atoms with E-state index in [1.165, 1.54) is 0 Å². The lowest BCUT2D eigenvalue weighted by atomic mass is 10.2. The molecule has 0 aliphatic heterocycles. The molecule has 3 aromatic rings. The van der Waals surface area contributed by atoms with E-state index in [2.05, 4.69) is 15.3 Å². The van der Waals surface area contributed by atoms with Crippen molar-refractivity contribution in [3.63, 3.8) is 0 Å². The average Bonchev–Trinajstić information content (AvgIpc) is 2.85. The molecule has 0 unspecified atom stereocenters. The van der Waals surface area contributed by atoms with Crippen LogP contribution in [-0.2, 0) is 6.54 Å². The zero-order valence-electron chi connectivity index (χ0n) is 9.77. The van der Waals surface area contributed by atoms with Gasteiger partial charge in [0.25, 0.3) is 0 Å². The summed E-state index contributed by atoms with van der Waals surface area (Å²) in [7, 11) is 1.87. The zero-order valence-corrected chi connectivity index (χ0v) is 9.77. The van der Waals surface area contributed by atoms with Crippen LogP contribution in [0.4, 0.5) is 0 Å². The van der Waals surface area contributed by atoms with Gasteiger partial charge in [-0.25, -0.2) is 9.78 Å². The second kappa shape index (κ2) is 3.85. The summed E-state index contributed by atoms with van der Waals surface area (Å²) in [4.78, 5) is 18.5. The van der Waals surface area contributed by atoms with Gasteiger partial charge in [0.15, 0.2) is 0 Å². The predicted molar refractivity (Wildman–Crippen MR) is 66.8 cm³/mol. The molecule has 2 aromatic heterocycles. The number of carboxylic acids is 1. The second-order valence-electron chi connectivity index (χ2n) is 4.12. The summed E-state index contributed by atoms with van der Waals surface area (Å²) in [6.45, 7) is 0.712. The molecule has 0 spiro atoms. The molecule has 0 aliphatic carbocycles. The van der Waals surface area contributed by atoms with Gasteiger partial charge in [-0.05, 0) is 25.2 Å². The van der Waals surface area contributed by atoms with Gasteiger partial charge in [0.05, 0.1) is 16.6 Å². The van der Waals surface area contributed by atoms with Crippen molar-refractivity contribution in [2.45, 2.75) is 6.54 Å². The number of hydrogen-bond donors (Lipinski definition) is 3. The number of benzene rings is 1. The Morgan fingerprint density at radius 2 is 2.39 bits per heavy atom. The van der Waals surface area contributed by atoms with E-state index >= 15 is 0 Å². The highest BCUT2D eigenvalue weighted by Crippen LogP contribution is 2.18. The largest absolute Gasteiger partial charge is 0.478 e. The Bertz CT molecular complexity index is 741. The summed E-state index contributed by atoms with van der Waals surface area (Å²) >= 11 is 0. The lowest BCUT2D eigenvalue weighted by molar-refractivity contribution is 0.0697. The SMILES string of the molecule is CNCc1cn2c(nc3ccc(C(=O)O)cc32)[nH]1. The second-order valence-corrected chi connectivity index (χ2v) is 4.12. The lowest BCUT2D eigenvalue weighted by Gasteiger charge is -1.95. The number of aromatic amines is 1. The van der Waals surface area contributed by atoms with Crippen molar-refractivity contribution in [2.75, 3.05) is 7.05 Å². The highest BCUT2D eigenvalue weighted by atomic mass is 16.4.